The molecule has 13 fully saturated rings. The molecule has 0 aromatic carbocycles. The first-order chi connectivity index (χ1) is 46.3. The highest BCUT2D eigenvalue weighted by molar-refractivity contribution is 5.86. The minimum absolute atomic E-state index is 0. The van der Waals surface area contributed by atoms with Gasteiger partial charge in [0, 0.05) is 37.2 Å². The van der Waals surface area contributed by atoms with Crippen LogP contribution in [0.2, 0.25) is 0 Å². The summed E-state index contributed by atoms with van der Waals surface area (Å²) in [5.41, 5.74) is -0.0834. The highest BCUT2D eigenvalue weighted by Gasteiger charge is 2.63. The molecule has 18 nitrogen and oxygen atoms in total. The lowest BCUT2D eigenvalue weighted by Gasteiger charge is -2.57. The summed E-state index contributed by atoms with van der Waals surface area (Å²) in [6, 6.07) is 5.25. The van der Waals surface area contributed by atoms with Gasteiger partial charge in [-0.1, -0.05) is 43.1 Å². The maximum atomic E-state index is 13.6. The van der Waals surface area contributed by atoms with E-state index in [1.165, 1.54) is 124 Å². The molecule has 3 aromatic rings. The number of ketones is 3. The molecule has 0 unspecified atom stereocenters. The number of carbonyl (C=O) groups is 3. The number of hydrogen-bond donors (Lipinski definition) is 3. The van der Waals surface area contributed by atoms with Crippen molar-refractivity contribution in [3.63, 3.8) is 0 Å². The third-order valence-electron chi connectivity index (χ3n) is 30.5. The first-order valence-electron chi connectivity index (χ1n) is 38.7. The van der Waals surface area contributed by atoms with Crippen LogP contribution in [0.5, 0.6) is 0 Å². The highest BCUT2D eigenvalue weighted by atomic mass is 16.5. The average molecular weight is 1380 g/mol. The zero-order valence-corrected chi connectivity index (χ0v) is 59.9. The van der Waals surface area contributed by atoms with E-state index < -0.39 is 28.9 Å². The second-order valence-corrected chi connectivity index (χ2v) is 35.9. The second-order valence-electron chi connectivity index (χ2n) is 35.9. The van der Waals surface area contributed by atoms with Gasteiger partial charge < -0.3 is 20.1 Å². The predicted octanol–water partition coefficient (Wildman–Crippen LogP) is 15.6. The largest absolute Gasteiger partial charge is 0.390 e. The average Bonchev–Trinajstić information content (AvgIpc) is 1.54. The molecule has 18 heteroatoms. The van der Waals surface area contributed by atoms with E-state index in [-0.39, 0.29) is 79.2 Å². The molecular weight excluding hydrogens is 1250 g/mol. The van der Waals surface area contributed by atoms with Gasteiger partial charge in [0.15, 0.2) is 28.7 Å². The van der Waals surface area contributed by atoms with Gasteiger partial charge in [-0.15, -0.1) is 10.2 Å². The summed E-state index contributed by atoms with van der Waals surface area (Å²) in [7, 11) is 0. The van der Waals surface area contributed by atoms with Gasteiger partial charge in [-0.05, 0) is 326 Å². The van der Waals surface area contributed by atoms with Crippen molar-refractivity contribution in [2.24, 2.45) is 123 Å². The van der Waals surface area contributed by atoms with E-state index >= 15 is 0 Å². The molecule has 3 N–H and O–H groups in total. The van der Waals surface area contributed by atoms with Gasteiger partial charge in [0.1, 0.15) is 30.3 Å². The van der Waals surface area contributed by atoms with Crippen molar-refractivity contribution in [2.75, 3.05) is 13.2 Å². The van der Waals surface area contributed by atoms with E-state index in [9.17, 15) is 29.7 Å². The SMILES string of the molecule is C.C.C.C1CCOC1.C[C@@H](C(=O)[C@H]1CC[C@H]2[C@@H]3CC[C@@H]4C[C@](C)(O)CC[C@@H]4[C@H]3CC[C@]12C)n1ncc(C#N)n1.C[C@@]1(O)CC[C@H]2[C@H](CC[C@@H]3[C@@H]2CC[C@]2(C)[C@@H](C(=O)Cn4cc(C#N)cn4)CC[C@@H]32)C1.C[C@H](C(=O)[C@H]1CC[C@H]2[C@@H]3CC[C@@H]4C[C@](C)(O)CC[C@@H]4[C@H]3CC[C@]12C)n1ncc(C#N)n1. The number of aromatic nitrogens is 8. The van der Waals surface area contributed by atoms with Gasteiger partial charge in [-0.25, -0.2) is 0 Å². The van der Waals surface area contributed by atoms with Gasteiger partial charge in [-0.2, -0.15) is 40.7 Å². The summed E-state index contributed by atoms with van der Waals surface area (Å²) in [6.45, 7) is 19.3. The Morgan fingerprint density at radius 3 is 1.16 bits per heavy atom. The van der Waals surface area contributed by atoms with Crippen molar-refractivity contribution in [1.82, 2.24) is 39.8 Å². The van der Waals surface area contributed by atoms with E-state index in [2.05, 4.69) is 52.3 Å². The van der Waals surface area contributed by atoms with Crippen LogP contribution in [-0.2, 0) is 25.7 Å². The van der Waals surface area contributed by atoms with Gasteiger partial charge in [0.25, 0.3) is 0 Å². The van der Waals surface area contributed by atoms with Gasteiger partial charge in [0.05, 0.1) is 47.5 Å². The van der Waals surface area contributed by atoms with E-state index in [0.717, 1.165) is 156 Å². The molecule has 1 aliphatic heterocycles. The number of aliphatic hydroxyl groups is 3. The summed E-state index contributed by atoms with van der Waals surface area (Å²) in [6.07, 6.45) is 39.2. The molecule has 100 heavy (non-hydrogen) atoms. The molecule has 12 saturated carbocycles. The standard InChI is InChI=1S/2C25H36N4O2.C25H35N3O2.C4H8O.3CH4/c2*1-15(29-27-14-17(13-26)28-29)23(30)22-7-6-21-20-5-4-16-12-24(2,31)10-8-18(16)19(20)9-11-25(21,22)3;1-24(30)9-7-18-17(11-24)3-4-20-19(18)8-10-25(2)21(20)5-6-22(25)23(29)15-28-14-16(12-26)13-27-28;1-2-4-5-3-1;;;/h2*14-16,18-22,31H,4-12H2,1-3H3;13-14,17-22,30H,3-11,15H2,1-2H3;1-4H2;3*1H4/t15-,16+,18-,19+,20+,21-,22+,24+,25-;15-,16-,18+,19-,20-,21+,22-,24-,25+;17-,18+,19-,20-,21+,22-,24-,25+;;;;/m011..../s1. The normalized spacial score (nSPS) is 42.7. The van der Waals surface area contributed by atoms with Crippen LogP contribution in [0.15, 0.2) is 24.8 Å². The zero-order chi connectivity index (χ0) is 68.6. The Hall–Kier alpha value is -5.19. The first kappa shape index (κ1) is 77.4. The Kier molecular flexibility index (Phi) is 23.6. The fourth-order valence-electron chi connectivity index (χ4n) is 25.8. The monoisotopic (exact) mass is 1380 g/mol. The summed E-state index contributed by atoms with van der Waals surface area (Å²) < 4.78 is 6.59. The highest BCUT2D eigenvalue weighted by Crippen LogP contribution is 2.68. The lowest BCUT2D eigenvalue weighted by molar-refractivity contribution is -0.136. The van der Waals surface area contributed by atoms with Crippen molar-refractivity contribution in [1.29, 1.82) is 15.8 Å². The number of nitriles is 3. The fraction of sp³-hybridized carbons (Fsp3) is 0.841. The summed E-state index contributed by atoms with van der Waals surface area (Å²) >= 11 is 0. The number of rotatable bonds is 9. The van der Waals surface area contributed by atoms with Crippen LogP contribution in [0.25, 0.3) is 0 Å². The van der Waals surface area contributed by atoms with Crippen LogP contribution >= 0.6 is 0 Å². The molecule has 12 aliphatic carbocycles. The van der Waals surface area contributed by atoms with E-state index in [1.54, 1.807) is 10.9 Å². The Bertz CT molecular complexity index is 3300. The number of hydrogen-bond acceptors (Lipinski definition) is 15. The van der Waals surface area contributed by atoms with Crippen molar-refractivity contribution in [3.05, 3.63) is 41.7 Å². The smallest absolute Gasteiger partial charge is 0.182 e. The second kappa shape index (κ2) is 30.5. The molecule has 0 spiro atoms. The third kappa shape index (κ3) is 14.8. The van der Waals surface area contributed by atoms with Crippen LogP contribution < -0.4 is 0 Å². The van der Waals surface area contributed by atoms with Gasteiger partial charge in [-0.3, -0.25) is 19.1 Å². The predicted molar refractivity (Wildman–Crippen MR) is 385 cm³/mol. The van der Waals surface area contributed by atoms with Crippen molar-refractivity contribution in [3.8, 4) is 18.2 Å². The minimum atomic E-state index is -0.468. The van der Waals surface area contributed by atoms with E-state index in [0.29, 0.717) is 53.4 Å². The maximum absolute atomic E-state index is 13.6. The van der Waals surface area contributed by atoms with Gasteiger partial charge in [0.2, 0.25) is 0 Å². The number of ether oxygens (including phenoxy) is 1. The molecule has 4 heterocycles. The molecule has 0 bridgehead atoms. The molecule has 13 aliphatic rings. The number of nitrogens with zero attached hydrogens (tertiary/aromatic N) is 11. The van der Waals surface area contributed by atoms with Crippen LogP contribution in [-0.4, -0.2) is 102 Å². The quantitative estimate of drug-likeness (QED) is 0.180. The number of Topliss-reactive ketones (excluding diaryl/α,β-unsaturated/α-hetero) is 3. The molecule has 16 rings (SSSR count). The maximum Gasteiger partial charge on any atom is 0.182 e. The topological polar surface area (TPSA) is 272 Å². The van der Waals surface area contributed by atoms with Crippen LogP contribution in [0, 0.1) is 157 Å². The fourth-order valence-corrected chi connectivity index (χ4v) is 25.8. The number of fused-ring (bicyclic) bond motifs is 15. The first-order valence-corrected chi connectivity index (χ1v) is 38.7. The molecule has 552 valence electrons. The lowest BCUT2D eigenvalue weighted by atomic mass is 9.49. The zero-order valence-electron chi connectivity index (χ0n) is 59.9. The Morgan fingerprint density at radius 2 is 0.830 bits per heavy atom. The molecule has 0 radical (unpaired) electrons. The Balaban J connectivity index is 0.000000154. The summed E-state index contributed by atoms with van der Waals surface area (Å²) in [4.78, 5) is 43.2. The molecule has 3 aromatic heterocycles. The van der Waals surface area contributed by atoms with E-state index in [1.807, 2.05) is 46.8 Å². The van der Waals surface area contributed by atoms with E-state index in [4.69, 9.17) is 20.5 Å². The summed E-state index contributed by atoms with van der Waals surface area (Å²) in [5, 5.41) is 79.7. The van der Waals surface area contributed by atoms with Crippen LogP contribution in [0.3, 0.4) is 0 Å². The molecular formula is C82H127N11O7. The molecule has 26 atom stereocenters. The Morgan fingerprint density at radius 1 is 0.470 bits per heavy atom. The minimum Gasteiger partial charge on any atom is -0.390 e. The summed E-state index contributed by atoms with van der Waals surface area (Å²) in [5.74, 6) is 12.0. The lowest BCUT2D eigenvalue weighted by Crippen LogP contribution is -2.51. The van der Waals surface area contributed by atoms with Crippen molar-refractivity contribution >= 4 is 17.3 Å². The number of carbonyl (C=O) groups excluding carboxylic acids is 3. The molecule has 0 amide bonds. The molecule has 1 saturated heterocycles. The van der Waals surface area contributed by atoms with Crippen molar-refractivity contribution in [2.45, 2.75) is 299 Å². The van der Waals surface area contributed by atoms with Gasteiger partial charge >= 0.3 is 0 Å². The Labute approximate surface area is 599 Å². The van der Waals surface area contributed by atoms with Crippen LogP contribution in [0.4, 0.5) is 0 Å². The third-order valence-corrected chi connectivity index (χ3v) is 30.5. The van der Waals surface area contributed by atoms with Crippen molar-refractivity contribution < 1.29 is 34.4 Å². The van der Waals surface area contributed by atoms with Crippen LogP contribution in [0.1, 0.15) is 293 Å².